The third-order valence-corrected chi connectivity index (χ3v) is 9.54. The Bertz CT molecular complexity index is 2200. The van der Waals surface area contributed by atoms with Gasteiger partial charge in [-0.25, -0.2) is 9.98 Å². The number of H-pyrrole nitrogens is 1. The van der Waals surface area contributed by atoms with Crippen LogP contribution in [0.2, 0.25) is 0 Å². The van der Waals surface area contributed by atoms with Crippen molar-refractivity contribution in [2.75, 3.05) is 5.32 Å². The molecule has 1 atom stereocenters. The lowest BCUT2D eigenvalue weighted by Crippen LogP contribution is -2.40. The SMILES string of the molecule is CC1=C(C(=O)Nc2ccccc2)[C@@H](c2cccs2)n2c(s/c(=C/c3cc([N+](=O)[O-])ccc3Sc3nc(C)cc(=O)[nH]3)c2=O)=N1. The number of thiazole rings is 1. The second-order valence-corrected chi connectivity index (χ2v) is 12.7. The highest BCUT2D eigenvalue weighted by Crippen LogP contribution is 2.34. The first-order valence-electron chi connectivity index (χ1n) is 13.1. The predicted molar refractivity (Wildman–Crippen MR) is 170 cm³/mol. The highest BCUT2D eigenvalue weighted by atomic mass is 32.2. The third-order valence-electron chi connectivity index (χ3n) is 6.66. The van der Waals surface area contributed by atoms with Crippen LogP contribution >= 0.6 is 34.4 Å². The van der Waals surface area contributed by atoms with Crippen molar-refractivity contribution < 1.29 is 9.72 Å². The van der Waals surface area contributed by atoms with Crippen molar-refractivity contribution >= 4 is 57.8 Å². The number of aryl methyl sites for hydroxylation is 1. The number of nitro benzene ring substituents is 1. The van der Waals surface area contributed by atoms with Gasteiger partial charge in [0.2, 0.25) is 0 Å². The van der Waals surface area contributed by atoms with E-state index in [4.69, 9.17) is 0 Å². The Hall–Kier alpha value is -4.92. The van der Waals surface area contributed by atoms with Gasteiger partial charge in [0.1, 0.15) is 6.04 Å². The number of thiophene rings is 1. The van der Waals surface area contributed by atoms with Gasteiger partial charge in [-0.1, -0.05) is 47.4 Å². The highest BCUT2D eigenvalue weighted by molar-refractivity contribution is 7.99. The molecule has 1 amide bonds. The zero-order valence-corrected chi connectivity index (χ0v) is 25.6. The number of nitrogens with one attached hydrogen (secondary N) is 2. The zero-order valence-electron chi connectivity index (χ0n) is 23.1. The summed E-state index contributed by atoms with van der Waals surface area (Å²) in [4.78, 5) is 64.2. The van der Waals surface area contributed by atoms with E-state index in [0.29, 0.717) is 43.1 Å². The van der Waals surface area contributed by atoms with Crippen molar-refractivity contribution in [3.05, 3.63) is 140 Å². The average molecular weight is 643 g/mol. The Balaban J connectivity index is 1.49. The molecule has 44 heavy (non-hydrogen) atoms. The number of non-ortho nitro benzene ring substituents is 1. The van der Waals surface area contributed by atoms with Gasteiger partial charge in [0.15, 0.2) is 9.96 Å². The smallest absolute Gasteiger partial charge is 0.271 e. The molecule has 0 bridgehead atoms. The minimum Gasteiger partial charge on any atom is -0.322 e. The van der Waals surface area contributed by atoms with Crippen molar-refractivity contribution in [3.8, 4) is 0 Å². The standard InChI is InChI=1S/C30H22N6O5S3/c1-16-13-24(37)34-29(31-16)43-21-11-10-20(36(40)41)14-18(21)15-23-28(39)35-26(22-9-6-12-42-22)25(17(2)32-30(35)44-23)27(38)33-19-7-4-3-5-8-19/h3-15,26H,1-2H3,(H,33,38)(H,31,34,37)/b23-15+/t26-/m1/s1. The maximum Gasteiger partial charge on any atom is 0.271 e. The minimum atomic E-state index is -0.724. The van der Waals surface area contributed by atoms with Crippen LogP contribution in [0.15, 0.2) is 108 Å². The monoisotopic (exact) mass is 642 g/mol. The molecule has 0 spiro atoms. The number of benzene rings is 2. The number of allylic oxidation sites excluding steroid dienone is 1. The maximum atomic E-state index is 14.1. The molecule has 1 aliphatic rings. The van der Waals surface area contributed by atoms with Gasteiger partial charge >= 0.3 is 0 Å². The molecule has 14 heteroatoms. The number of nitro groups is 1. The molecular weight excluding hydrogens is 621 g/mol. The number of para-hydroxylation sites is 1. The number of hydrogen-bond acceptors (Lipinski definition) is 10. The fourth-order valence-electron chi connectivity index (χ4n) is 4.75. The van der Waals surface area contributed by atoms with Crippen LogP contribution in [0.5, 0.6) is 0 Å². The lowest BCUT2D eigenvalue weighted by Gasteiger charge is -2.24. The average Bonchev–Trinajstić information content (AvgIpc) is 3.61. The molecule has 0 unspecified atom stereocenters. The molecule has 0 saturated carbocycles. The summed E-state index contributed by atoms with van der Waals surface area (Å²) in [7, 11) is 0. The van der Waals surface area contributed by atoms with E-state index in [-0.39, 0.29) is 21.7 Å². The molecule has 0 fully saturated rings. The van der Waals surface area contributed by atoms with Gasteiger partial charge in [-0.05, 0) is 55.1 Å². The number of fused-ring (bicyclic) bond motifs is 1. The van der Waals surface area contributed by atoms with Gasteiger partial charge in [-0.15, -0.1) is 11.3 Å². The lowest BCUT2D eigenvalue weighted by atomic mass is 10.0. The molecule has 2 aromatic carbocycles. The summed E-state index contributed by atoms with van der Waals surface area (Å²) in [6.45, 7) is 3.43. The second-order valence-electron chi connectivity index (χ2n) is 9.69. The van der Waals surface area contributed by atoms with E-state index in [1.807, 2.05) is 35.7 Å². The molecular formula is C30H22N6O5S3. The van der Waals surface area contributed by atoms with Crippen LogP contribution in [-0.4, -0.2) is 25.4 Å². The number of nitrogens with zero attached hydrogens (tertiary/aromatic N) is 4. The van der Waals surface area contributed by atoms with E-state index < -0.39 is 16.5 Å². The molecule has 220 valence electrons. The van der Waals surface area contributed by atoms with Crippen LogP contribution in [0.4, 0.5) is 11.4 Å². The van der Waals surface area contributed by atoms with Crippen LogP contribution in [0.1, 0.15) is 29.1 Å². The fraction of sp³-hybridized carbons (Fsp3) is 0.100. The largest absolute Gasteiger partial charge is 0.322 e. The Morgan fingerprint density at radius 2 is 1.91 bits per heavy atom. The van der Waals surface area contributed by atoms with Crippen LogP contribution < -0.4 is 25.8 Å². The molecule has 2 N–H and O–H groups in total. The first-order valence-corrected chi connectivity index (χ1v) is 15.7. The Morgan fingerprint density at radius 1 is 1.11 bits per heavy atom. The Kier molecular flexibility index (Phi) is 7.95. The normalized spacial score (nSPS) is 14.7. The van der Waals surface area contributed by atoms with E-state index in [1.165, 1.54) is 34.1 Å². The van der Waals surface area contributed by atoms with Crippen molar-refractivity contribution in [1.29, 1.82) is 0 Å². The third kappa shape index (κ3) is 5.82. The molecule has 0 radical (unpaired) electrons. The Morgan fingerprint density at radius 3 is 2.61 bits per heavy atom. The zero-order chi connectivity index (χ0) is 31.0. The van der Waals surface area contributed by atoms with E-state index in [2.05, 4.69) is 20.3 Å². The van der Waals surface area contributed by atoms with Crippen molar-refractivity contribution in [3.63, 3.8) is 0 Å². The molecule has 4 heterocycles. The number of aromatic nitrogens is 3. The fourth-order valence-corrected chi connectivity index (χ4v) is 7.53. The van der Waals surface area contributed by atoms with Crippen LogP contribution in [0.3, 0.4) is 0 Å². The van der Waals surface area contributed by atoms with E-state index in [9.17, 15) is 24.5 Å². The molecule has 5 aromatic rings. The maximum absolute atomic E-state index is 14.1. The van der Waals surface area contributed by atoms with Gasteiger partial charge in [0, 0.05) is 39.4 Å². The summed E-state index contributed by atoms with van der Waals surface area (Å²) in [6.07, 6.45) is 1.57. The number of amides is 1. The molecule has 1 aliphatic heterocycles. The molecule has 0 saturated heterocycles. The lowest BCUT2D eigenvalue weighted by molar-refractivity contribution is -0.384. The minimum absolute atomic E-state index is 0.161. The first-order chi connectivity index (χ1) is 21.2. The molecule has 3 aromatic heterocycles. The molecule has 11 nitrogen and oxygen atoms in total. The van der Waals surface area contributed by atoms with Crippen molar-refractivity contribution in [1.82, 2.24) is 14.5 Å². The van der Waals surface area contributed by atoms with Crippen molar-refractivity contribution in [2.45, 2.75) is 29.9 Å². The highest BCUT2D eigenvalue weighted by Gasteiger charge is 2.33. The van der Waals surface area contributed by atoms with Gasteiger partial charge in [-0.2, -0.15) is 0 Å². The summed E-state index contributed by atoms with van der Waals surface area (Å²) in [5, 5.41) is 16.7. The van der Waals surface area contributed by atoms with Crippen molar-refractivity contribution in [2.24, 2.45) is 4.99 Å². The molecule has 0 aliphatic carbocycles. The summed E-state index contributed by atoms with van der Waals surface area (Å²) in [6, 6.07) is 17.7. The summed E-state index contributed by atoms with van der Waals surface area (Å²) in [5.74, 6) is -0.373. The number of carbonyl (C=O) groups excluding carboxylic acids is 1. The number of rotatable bonds is 7. The summed E-state index contributed by atoms with van der Waals surface area (Å²) >= 11 is 3.67. The van der Waals surface area contributed by atoms with E-state index in [1.54, 1.807) is 38.1 Å². The summed E-state index contributed by atoms with van der Waals surface area (Å²) in [5.41, 5.74) is 1.46. The number of hydrogen-bond donors (Lipinski definition) is 2. The summed E-state index contributed by atoms with van der Waals surface area (Å²) < 4.78 is 1.77. The van der Waals surface area contributed by atoms with E-state index in [0.717, 1.165) is 28.0 Å². The Labute approximate surface area is 261 Å². The second kappa shape index (κ2) is 12.0. The van der Waals surface area contributed by atoms with Gasteiger partial charge in [-0.3, -0.25) is 29.1 Å². The predicted octanol–water partition coefficient (Wildman–Crippen LogP) is 4.39. The van der Waals surface area contributed by atoms with Crippen LogP contribution in [-0.2, 0) is 4.79 Å². The van der Waals surface area contributed by atoms with Crippen LogP contribution in [0, 0.1) is 17.0 Å². The quantitative estimate of drug-likeness (QED) is 0.152. The number of carbonyl (C=O) groups is 1. The van der Waals surface area contributed by atoms with Gasteiger partial charge in [0.05, 0.1) is 20.7 Å². The van der Waals surface area contributed by atoms with Crippen LogP contribution in [0.25, 0.3) is 6.08 Å². The number of aromatic amines is 1. The van der Waals surface area contributed by atoms with Gasteiger partial charge < -0.3 is 10.3 Å². The van der Waals surface area contributed by atoms with E-state index >= 15 is 0 Å². The number of anilines is 1. The first kappa shape index (κ1) is 29.2. The van der Waals surface area contributed by atoms with Gasteiger partial charge in [0.25, 0.3) is 22.7 Å². The molecule has 6 rings (SSSR count). The topological polar surface area (TPSA) is 152 Å².